The molecular formula is C19H21NO4. The lowest BCUT2D eigenvalue weighted by Gasteiger charge is -2.34. The number of fused-ring (bicyclic) bond motifs is 1. The topological polar surface area (TPSA) is 59.0 Å². The van der Waals surface area contributed by atoms with E-state index in [1.165, 1.54) is 14.2 Å². The predicted molar refractivity (Wildman–Crippen MR) is 92.0 cm³/mol. The van der Waals surface area contributed by atoms with Crippen molar-refractivity contribution in [3.05, 3.63) is 53.1 Å². The fraction of sp³-hybridized carbons (Fsp3) is 0.316. The molecule has 0 saturated carbocycles. The monoisotopic (exact) mass is 327 g/mol. The number of methoxy groups -OCH3 is 2. The van der Waals surface area contributed by atoms with E-state index in [1.807, 2.05) is 25.1 Å². The van der Waals surface area contributed by atoms with E-state index in [9.17, 15) is 9.90 Å². The van der Waals surface area contributed by atoms with E-state index in [0.717, 1.165) is 16.8 Å². The number of aliphatic hydroxyl groups is 1. The third-order valence-corrected chi connectivity index (χ3v) is 4.41. The van der Waals surface area contributed by atoms with Crippen LogP contribution in [-0.2, 0) is 0 Å². The number of hydrogen-bond donors (Lipinski definition) is 1. The van der Waals surface area contributed by atoms with Crippen molar-refractivity contribution < 1.29 is 19.4 Å². The average Bonchev–Trinajstić information content (AvgIpc) is 2.61. The van der Waals surface area contributed by atoms with E-state index in [4.69, 9.17) is 9.47 Å². The molecule has 5 heteroatoms. The number of carbonyl (C=O) groups is 1. The van der Waals surface area contributed by atoms with E-state index < -0.39 is 6.10 Å². The molecule has 1 amide bonds. The Balaban J connectivity index is 2.12. The van der Waals surface area contributed by atoms with Gasteiger partial charge < -0.3 is 19.5 Å². The normalized spacial score (nSPS) is 16.5. The molecule has 0 spiro atoms. The first kappa shape index (κ1) is 16.3. The summed E-state index contributed by atoms with van der Waals surface area (Å²) in [4.78, 5) is 15.0. The smallest absolute Gasteiger partial charge is 0.265 e. The third-order valence-electron chi connectivity index (χ3n) is 4.41. The Labute approximate surface area is 141 Å². The second kappa shape index (κ2) is 6.53. The van der Waals surface area contributed by atoms with Gasteiger partial charge in [0.2, 0.25) is 0 Å². The molecule has 0 bridgehead atoms. The molecule has 1 N–H and O–H groups in total. The van der Waals surface area contributed by atoms with Crippen LogP contribution in [-0.4, -0.2) is 31.8 Å². The highest BCUT2D eigenvalue weighted by molar-refractivity contribution is 6.10. The molecule has 1 aliphatic heterocycles. The van der Waals surface area contributed by atoms with Crippen molar-refractivity contribution in [1.82, 2.24) is 0 Å². The molecule has 2 aromatic rings. The molecule has 0 radical (unpaired) electrons. The summed E-state index contributed by atoms with van der Waals surface area (Å²) in [6.07, 6.45) is -0.0526. The fourth-order valence-electron chi connectivity index (χ4n) is 3.24. The summed E-state index contributed by atoms with van der Waals surface area (Å²) in [5.41, 5.74) is 2.90. The lowest BCUT2D eigenvalue weighted by atomic mass is 9.95. The zero-order valence-corrected chi connectivity index (χ0v) is 14.1. The maximum atomic E-state index is 13.3. The predicted octanol–water partition coefficient (Wildman–Crippen LogP) is 3.10. The van der Waals surface area contributed by atoms with E-state index in [0.29, 0.717) is 30.0 Å². The van der Waals surface area contributed by atoms with Crippen molar-refractivity contribution in [2.24, 2.45) is 0 Å². The first-order valence-corrected chi connectivity index (χ1v) is 7.89. The van der Waals surface area contributed by atoms with Gasteiger partial charge in [0.15, 0.2) is 0 Å². The molecule has 1 heterocycles. The van der Waals surface area contributed by atoms with Crippen LogP contribution >= 0.6 is 0 Å². The summed E-state index contributed by atoms with van der Waals surface area (Å²) in [7, 11) is 3.06. The number of benzene rings is 2. The minimum Gasteiger partial charge on any atom is -0.496 e. The van der Waals surface area contributed by atoms with Gasteiger partial charge in [0.25, 0.3) is 5.91 Å². The molecule has 2 aromatic carbocycles. The minimum absolute atomic E-state index is 0.188. The molecule has 0 aliphatic carbocycles. The Morgan fingerprint density at radius 1 is 1.12 bits per heavy atom. The fourth-order valence-corrected chi connectivity index (χ4v) is 3.24. The summed E-state index contributed by atoms with van der Waals surface area (Å²) < 4.78 is 10.7. The number of aliphatic hydroxyl groups excluding tert-OH is 1. The van der Waals surface area contributed by atoms with Crippen molar-refractivity contribution in [2.45, 2.75) is 19.4 Å². The zero-order valence-electron chi connectivity index (χ0n) is 14.1. The summed E-state index contributed by atoms with van der Waals surface area (Å²) in [6.45, 7) is 2.38. The number of rotatable bonds is 3. The number of ether oxygens (including phenoxy) is 2. The van der Waals surface area contributed by atoms with E-state index >= 15 is 0 Å². The molecule has 5 nitrogen and oxygen atoms in total. The highest BCUT2D eigenvalue weighted by Crippen LogP contribution is 2.39. The minimum atomic E-state index is -0.552. The van der Waals surface area contributed by atoms with E-state index in [1.54, 1.807) is 23.1 Å². The summed E-state index contributed by atoms with van der Waals surface area (Å²) in [5.74, 6) is 0.757. The second-order valence-electron chi connectivity index (χ2n) is 5.81. The van der Waals surface area contributed by atoms with Crippen molar-refractivity contribution in [1.29, 1.82) is 0 Å². The van der Waals surface area contributed by atoms with Crippen molar-refractivity contribution in [3.8, 4) is 11.5 Å². The van der Waals surface area contributed by atoms with Crippen LogP contribution in [0.4, 0.5) is 5.69 Å². The highest BCUT2D eigenvalue weighted by atomic mass is 16.5. The van der Waals surface area contributed by atoms with Gasteiger partial charge in [0.1, 0.15) is 17.1 Å². The molecule has 1 aliphatic rings. The molecule has 1 unspecified atom stereocenters. The van der Waals surface area contributed by atoms with Crippen LogP contribution in [0.3, 0.4) is 0 Å². The van der Waals surface area contributed by atoms with Gasteiger partial charge in [-0.2, -0.15) is 0 Å². The number of hydrogen-bond acceptors (Lipinski definition) is 4. The Kier molecular flexibility index (Phi) is 4.44. The largest absolute Gasteiger partial charge is 0.496 e. The van der Waals surface area contributed by atoms with Crippen LogP contribution < -0.4 is 14.4 Å². The van der Waals surface area contributed by atoms with Gasteiger partial charge in [0.05, 0.1) is 26.0 Å². The first-order valence-electron chi connectivity index (χ1n) is 7.89. The maximum Gasteiger partial charge on any atom is 0.265 e. The van der Waals surface area contributed by atoms with E-state index in [-0.39, 0.29) is 5.91 Å². The number of nitrogens with zero attached hydrogens (tertiary/aromatic N) is 1. The molecule has 126 valence electrons. The van der Waals surface area contributed by atoms with Gasteiger partial charge in [-0.3, -0.25) is 4.79 Å². The Bertz CT molecular complexity index is 750. The lowest BCUT2D eigenvalue weighted by molar-refractivity contribution is 0.0964. The molecular weight excluding hydrogens is 306 g/mol. The van der Waals surface area contributed by atoms with Crippen LogP contribution in [0.15, 0.2) is 36.4 Å². The van der Waals surface area contributed by atoms with Gasteiger partial charge in [-0.1, -0.05) is 24.3 Å². The molecule has 0 saturated heterocycles. The van der Waals surface area contributed by atoms with E-state index in [2.05, 4.69) is 0 Å². The third kappa shape index (κ3) is 2.61. The zero-order chi connectivity index (χ0) is 17.3. The second-order valence-corrected chi connectivity index (χ2v) is 5.81. The van der Waals surface area contributed by atoms with Crippen LogP contribution in [0, 0.1) is 6.92 Å². The van der Waals surface area contributed by atoms with Crippen molar-refractivity contribution in [2.75, 3.05) is 25.7 Å². The Morgan fingerprint density at radius 2 is 1.75 bits per heavy atom. The quantitative estimate of drug-likeness (QED) is 0.941. The Morgan fingerprint density at radius 3 is 2.38 bits per heavy atom. The van der Waals surface area contributed by atoms with Crippen molar-refractivity contribution in [3.63, 3.8) is 0 Å². The lowest BCUT2D eigenvalue weighted by Crippen LogP contribution is -2.37. The molecule has 1 atom stereocenters. The Hall–Kier alpha value is -2.53. The SMILES string of the molecule is COc1cccc(OC)c1C(=O)N1CCC(O)c2cccc(C)c21. The van der Waals surface area contributed by atoms with Gasteiger partial charge in [0, 0.05) is 12.1 Å². The van der Waals surface area contributed by atoms with Gasteiger partial charge in [-0.25, -0.2) is 0 Å². The first-order chi connectivity index (χ1) is 11.6. The molecule has 24 heavy (non-hydrogen) atoms. The maximum absolute atomic E-state index is 13.3. The van der Waals surface area contributed by atoms with Crippen LogP contribution in [0.5, 0.6) is 11.5 Å². The standard InChI is InChI=1S/C19H21NO4/c1-12-6-4-7-13-14(21)10-11-20(18(12)13)19(22)17-15(23-2)8-5-9-16(17)24-3/h4-9,14,21H,10-11H2,1-3H3. The number of amides is 1. The summed E-state index contributed by atoms with van der Waals surface area (Å²) >= 11 is 0. The molecule has 0 aromatic heterocycles. The van der Waals surface area contributed by atoms with Gasteiger partial charge >= 0.3 is 0 Å². The molecule has 3 rings (SSSR count). The van der Waals surface area contributed by atoms with Crippen molar-refractivity contribution >= 4 is 11.6 Å². The van der Waals surface area contributed by atoms with Gasteiger partial charge in [-0.05, 0) is 31.0 Å². The highest BCUT2D eigenvalue weighted by Gasteiger charge is 2.32. The summed E-state index contributed by atoms with van der Waals surface area (Å²) in [6, 6.07) is 11.0. The van der Waals surface area contributed by atoms with Gasteiger partial charge in [-0.15, -0.1) is 0 Å². The number of anilines is 1. The van der Waals surface area contributed by atoms with Crippen LogP contribution in [0.25, 0.3) is 0 Å². The average molecular weight is 327 g/mol. The molecule has 0 fully saturated rings. The number of carbonyl (C=O) groups excluding carboxylic acids is 1. The summed E-state index contributed by atoms with van der Waals surface area (Å²) in [5, 5.41) is 10.3. The number of aryl methyl sites for hydroxylation is 1. The number of para-hydroxylation sites is 1. The van der Waals surface area contributed by atoms with Crippen LogP contribution in [0.1, 0.15) is 34.0 Å². The van der Waals surface area contributed by atoms with Crippen LogP contribution in [0.2, 0.25) is 0 Å².